The Morgan fingerprint density at radius 1 is 1.00 bits per heavy atom. The maximum absolute atomic E-state index is 13.5. The van der Waals surface area contributed by atoms with E-state index in [-0.39, 0.29) is 11.3 Å². The van der Waals surface area contributed by atoms with Gasteiger partial charge in [0.25, 0.3) is 0 Å². The molecule has 0 bridgehead atoms. The van der Waals surface area contributed by atoms with Crippen molar-refractivity contribution in [1.29, 1.82) is 0 Å². The maximum atomic E-state index is 13.5. The number of benzene rings is 2. The third-order valence-electron chi connectivity index (χ3n) is 2.54. The average molecular weight is 284 g/mol. The molecule has 0 atom stereocenters. The summed E-state index contributed by atoms with van der Waals surface area (Å²) >= 11 is 0. The Bertz CT molecular complexity index is 624. The van der Waals surface area contributed by atoms with Crippen LogP contribution in [0.3, 0.4) is 0 Å². The van der Waals surface area contributed by atoms with Crippen molar-refractivity contribution < 1.29 is 27.1 Å². The Morgan fingerprint density at radius 3 is 2.25 bits per heavy atom. The number of hydrogen-bond acceptors (Lipinski definition) is 2. The van der Waals surface area contributed by atoms with Crippen LogP contribution < -0.4 is 4.74 Å². The van der Waals surface area contributed by atoms with Crippen LogP contribution in [0.5, 0.6) is 5.75 Å². The number of halogens is 4. The summed E-state index contributed by atoms with van der Waals surface area (Å²) in [6, 6.07) is 7.94. The largest absolute Gasteiger partial charge is 0.435 e. The standard InChI is InChI=1S/C14H8F4O2/c15-11-3-1-2-10(12(11)16)13(19)8-4-6-9(7-5-8)20-14(17)18/h1-7,14H. The summed E-state index contributed by atoms with van der Waals surface area (Å²) in [5, 5.41) is 0. The Hall–Kier alpha value is -2.37. The van der Waals surface area contributed by atoms with Crippen LogP contribution in [-0.2, 0) is 0 Å². The molecular weight excluding hydrogens is 276 g/mol. The SMILES string of the molecule is O=C(c1ccc(OC(F)F)cc1)c1cccc(F)c1F. The van der Waals surface area contributed by atoms with Gasteiger partial charge in [-0.1, -0.05) is 6.07 Å². The van der Waals surface area contributed by atoms with Gasteiger partial charge in [-0.15, -0.1) is 0 Å². The quantitative estimate of drug-likeness (QED) is 0.630. The molecule has 0 N–H and O–H groups in total. The molecule has 20 heavy (non-hydrogen) atoms. The first-order chi connectivity index (χ1) is 9.49. The minimum atomic E-state index is -2.97. The minimum absolute atomic E-state index is 0.0381. The Kier molecular flexibility index (Phi) is 4.02. The Balaban J connectivity index is 2.27. The van der Waals surface area contributed by atoms with Gasteiger partial charge in [0.15, 0.2) is 17.4 Å². The predicted molar refractivity (Wildman–Crippen MR) is 62.9 cm³/mol. The molecule has 2 rings (SSSR count). The van der Waals surface area contributed by atoms with E-state index in [1.54, 1.807) is 0 Å². The summed E-state index contributed by atoms with van der Waals surface area (Å²) in [5.74, 6) is -3.25. The summed E-state index contributed by atoms with van der Waals surface area (Å²) in [5.41, 5.74) is -0.386. The summed E-state index contributed by atoms with van der Waals surface area (Å²) in [6.45, 7) is -2.97. The van der Waals surface area contributed by atoms with Crippen LogP contribution in [0.2, 0.25) is 0 Å². The van der Waals surface area contributed by atoms with E-state index < -0.39 is 29.6 Å². The van der Waals surface area contributed by atoms with Crippen LogP contribution in [0.25, 0.3) is 0 Å². The molecule has 0 saturated heterocycles. The summed E-state index contributed by atoms with van der Waals surface area (Å²) in [6.07, 6.45) is 0. The summed E-state index contributed by atoms with van der Waals surface area (Å²) in [4.78, 5) is 12.0. The van der Waals surface area contributed by atoms with E-state index in [1.165, 1.54) is 18.2 Å². The van der Waals surface area contributed by atoms with Crippen molar-refractivity contribution in [1.82, 2.24) is 0 Å². The van der Waals surface area contributed by atoms with Crippen molar-refractivity contribution in [2.45, 2.75) is 6.61 Å². The average Bonchev–Trinajstić information content (AvgIpc) is 2.41. The molecule has 0 aliphatic carbocycles. The number of ether oxygens (including phenoxy) is 1. The lowest BCUT2D eigenvalue weighted by Crippen LogP contribution is -2.06. The van der Waals surface area contributed by atoms with Crippen LogP contribution in [-0.4, -0.2) is 12.4 Å². The summed E-state index contributed by atoms with van der Waals surface area (Å²) in [7, 11) is 0. The first-order valence-electron chi connectivity index (χ1n) is 5.52. The molecular formula is C14H8F4O2. The first-order valence-corrected chi connectivity index (χ1v) is 5.52. The van der Waals surface area contributed by atoms with Gasteiger partial charge in [0, 0.05) is 5.56 Å². The molecule has 0 radical (unpaired) electrons. The number of carbonyl (C=O) groups is 1. The van der Waals surface area contributed by atoms with Crippen LogP contribution in [0, 0.1) is 11.6 Å². The van der Waals surface area contributed by atoms with Crippen molar-refractivity contribution in [3.8, 4) is 5.75 Å². The Morgan fingerprint density at radius 2 is 1.65 bits per heavy atom. The molecule has 0 aromatic heterocycles. The predicted octanol–water partition coefficient (Wildman–Crippen LogP) is 3.80. The molecule has 0 unspecified atom stereocenters. The minimum Gasteiger partial charge on any atom is -0.435 e. The smallest absolute Gasteiger partial charge is 0.387 e. The monoisotopic (exact) mass is 284 g/mol. The van der Waals surface area contributed by atoms with Crippen molar-refractivity contribution in [3.63, 3.8) is 0 Å². The van der Waals surface area contributed by atoms with Crippen molar-refractivity contribution >= 4 is 5.78 Å². The van der Waals surface area contributed by atoms with E-state index in [0.717, 1.165) is 24.3 Å². The Labute approximate surface area is 111 Å². The fraction of sp³-hybridized carbons (Fsp3) is 0.0714. The topological polar surface area (TPSA) is 26.3 Å². The zero-order valence-electron chi connectivity index (χ0n) is 9.95. The highest BCUT2D eigenvalue weighted by Crippen LogP contribution is 2.19. The van der Waals surface area contributed by atoms with E-state index in [9.17, 15) is 22.4 Å². The first kappa shape index (κ1) is 14.0. The second kappa shape index (κ2) is 5.73. The molecule has 6 heteroatoms. The van der Waals surface area contributed by atoms with E-state index in [4.69, 9.17) is 0 Å². The number of rotatable bonds is 4. The number of carbonyl (C=O) groups excluding carboxylic acids is 1. The van der Waals surface area contributed by atoms with Crippen molar-refractivity contribution in [2.24, 2.45) is 0 Å². The second-order valence-corrected chi connectivity index (χ2v) is 3.83. The number of alkyl halides is 2. The normalized spacial score (nSPS) is 10.7. The lowest BCUT2D eigenvalue weighted by atomic mass is 10.0. The molecule has 2 nitrogen and oxygen atoms in total. The van der Waals surface area contributed by atoms with Gasteiger partial charge in [0.05, 0.1) is 5.56 Å². The van der Waals surface area contributed by atoms with Gasteiger partial charge in [-0.2, -0.15) is 8.78 Å². The highest BCUT2D eigenvalue weighted by molar-refractivity contribution is 6.09. The molecule has 0 saturated carbocycles. The zero-order chi connectivity index (χ0) is 14.7. The van der Waals surface area contributed by atoms with Crippen LogP contribution in [0.1, 0.15) is 15.9 Å². The van der Waals surface area contributed by atoms with Gasteiger partial charge in [-0.3, -0.25) is 4.79 Å². The lowest BCUT2D eigenvalue weighted by Gasteiger charge is -2.06. The van der Waals surface area contributed by atoms with Gasteiger partial charge in [-0.05, 0) is 36.4 Å². The number of ketones is 1. The number of hydrogen-bond donors (Lipinski definition) is 0. The molecule has 0 aliphatic heterocycles. The van der Waals surface area contributed by atoms with Crippen LogP contribution in [0.15, 0.2) is 42.5 Å². The molecule has 0 heterocycles. The molecule has 0 spiro atoms. The fourth-order valence-electron chi connectivity index (χ4n) is 1.62. The molecule has 0 fully saturated rings. The third kappa shape index (κ3) is 2.96. The van der Waals surface area contributed by atoms with E-state index >= 15 is 0 Å². The van der Waals surface area contributed by atoms with Crippen molar-refractivity contribution in [2.75, 3.05) is 0 Å². The van der Waals surface area contributed by atoms with Gasteiger partial charge in [0.2, 0.25) is 0 Å². The second-order valence-electron chi connectivity index (χ2n) is 3.83. The van der Waals surface area contributed by atoms with Crippen LogP contribution in [0.4, 0.5) is 17.6 Å². The molecule has 0 aliphatic rings. The van der Waals surface area contributed by atoms with Crippen LogP contribution >= 0.6 is 0 Å². The van der Waals surface area contributed by atoms with E-state index in [1.807, 2.05) is 0 Å². The summed E-state index contributed by atoms with van der Waals surface area (Å²) < 4.78 is 54.5. The zero-order valence-corrected chi connectivity index (χ0v) is 9.95. The third-order valence-corrected chi connectivity index (χ3v) is 2.54. The van der Waals surface area contributed by atoms with Gasteiger partial charge < -0.3 is 4.74 Å². The van der Waals surface area contributed by atoms with Crippen molar-refractivity contribution in [3.05, 3.63) is 65.2 Å². The van der Waals surface area contributed by atoms with E-state index in [2.05, 4.69) is 4.74 Å². The fourth-order valence-corrected chi connectivity index (χ4v) is 1.62. The van der Waals surface area contributed by atoms with E-state index in [0.29, 0.717) is 0 Å². The lowest BCUT2D eigenvalue weighted by molar-refractivity contribution is -0.0498. The highest BCUT2D eigenvalue weighted by atomic mass is 19.3. The molecule has 2 aromatic carbocycles. The maximum Gasteiger partial charge on any atom is 0.387 e. The van der Waals surface area contributed by atoms with Gasteiger partial charge >= 0.3 is 6.61 Å². The molecule has 104 valence electrons. The van der Waals surface area contributed by atoms with Gasteiger partial charge in [-0.25, -0.2) is 8.78 Å². The molecule has 0 amide bonds. The van der Waals surface area contributed by atoms with Gasteiger partial charge in [0.1, 0.15) is 5.75 Å². The highest BCUT2D eigenvalue weighted by Gasteiger charge is 2.17. The molecule has 2 aromatic rings.